The molecule has 1 aromatic rings. The molecule has 0 radical (unpaired) electrons. The fraction of sp³-hybridized carbons (Fsp3) is 0.583. The van der Waals surface area contributed by atoms with Crippen LogP contribution in [-0.4, -0.2) is 31.2 Å². The summed E-state index contributed by atoms with van der Waals surface area (Å²) in [6.07, 6.45) is -1.40. The normalized spacial score (nSPS) is 13.3. The van der Waals surface area contributed by atoms with Gasteiger partial charge in [0.05, 0.1) is 19.4 Å². The van der Waals surface area contributed by atoms with E-state index in [1.165, 1.54) is 0 Å². The first kappa shape index (κ1) is 15.6. The minimum Gasteiger partial charge on any atom is -0.469 e. The van der Waals surface area contributed by atoms with Crippen LogP contribution in [0.25, 0.3) is 0 Å². The van der Waals surface area contributed by atoms with Crippen molar-refractivity contribution in [3.8, 4) is 0 Å². The minimum absolute atomic E-state index is 0.120. The topological polar surface area (TPSA) is 54.3 Å². The predicted octanol–water partition coefficient (Wildman–Crippen LogP) is 1.87. The number of halogens is 3. The molecule has 0 saturated carbocycles. The molecule has 1 aromatic heterocycles. The average Bonchev–Trinajstić information content (AvgIpc) is 2.77. The summed E-state index contributed by atoms with van der Waals surface area (Å²) in [5.74, 6) is 0.368. The number of alkyl halides is 3. The van der Waals surface area contributed by atoms with E-state index in [2.05, 4.69) is 5.32 Å². The zero-order valence-corrected chi connectivity index (χ0v) is 10.6. The van der Waals surface area contributed by atoms with Crippen molar-refractivity contribution in [2.24, 2.45) is 0 Å². The summed E-state index contributed by atoms with van der Waals surface area (Å²) in [7, 11) is 0. The number of carbonyl (C=O) groups is 1. The van der Waals surface area contributed by atoms with Gasteiger partial charge in [-0.1, -0.05) is 0 Å². The second kappa shape index (κ2) is 7.18. The number of carbonyl (C=O) groups excluding carboxylic acids is 1. The van der Waals surface area contributed by atoms with Gasteiger partial charge in [0.1, 0.15) is 5.76 Å². The number of amides is 1. The molecule has 1 atom stereocenters. The molecule has 0 saturated heterocycles. The molecule has 2 N–H and O–H groups in total. The first-order valence-electron chi connectivity index (χ1n) is 5.96. The van der Waals surface area contributed by atoms with Gasteiger partial charge in [0.25, 0.3) is 0 Å². The third-order valence-electron chi connectivity index (χ3n) is 2.42. The van der Waals surface area contributed by atoms with Gasteiger partial charge >= 0.3 is 6.18 Å². The van der Waals surface area contributed by atoms with Crippen molar-refractivity contribution < 1.29 is 22.4 Å². The predicted molar refractivity (Wildman–Crippen MR) is 63.6 cm³/mol. The summed E-state index contributed by atoms with van der Waals surface area (Å²) < 4.78 is 40.7. The summed E-state index contributed by atoms with van der Waals surface area (Å²) in [6.45, 7) is 0.288. The summed E-state index contributed by atoms with van der Waals surface area (Å²) in [5, 5.41) is 4.66. The van der Waals surface area contributed by atoms with Crippen molar-refractivity contribution in [2.75, 3.05) is 13.1 Å². The van der Waals surface area contributed by atoms with Crippen LogP contribution in [0.2, 0.25) is 0 Å². The van der Waals surface area contributed by atoms with Crippen molar-refractivity contribution in [1.82, 2.24) is 10.6 Å². The molecule has 1 amide bonds. The Hall–Kier alpha value is -1.50. The van der Waals surface area contributed by atoms with E-state index in [9.17, 15) is 18.0 Å². The number of hydrogen-bond acceptors (Lipinski definition) is 3. The second-order valence-corrected chi connectivity index (χ2v) is 4.31. The molecule has 4 nitrogen and oxygen atoms in total. The van der Waals surface area contributed by atoms with Crippen molar-refractivity contribution in [3.63, 3.8) is 0 Å². The van der Waals surface area contributed by atoms with Gasteiger partial charge in [-0.15, -0.1) is 0 Å². The van der Waals surface area contributed by atoms with E-state index in [1.54, 1.807) is 19.3 Å². The first-order chi connectivity index (χ1) is 8.87. The number of aryl methyl sites for hydroxylation is 1. The maximum absolute atomic E-state index is 11.8. The van der Waals surface area contributed by atoms with Crippen LogP contribution in [0.5, 0.6) is 0 Å². The Bertz CT molecular complexity index is 377. The average molecular weight is 278 g/mol. The Labute approximate surface area is 109 Å². The second-order valence-electron chi connectivity index (χ2n) is 4.31. The monoisotopic (exact) mass is 278 g/mol. The number of furan rings is 1. The van der Waals surface area contributed by atoms with Crippen LogP contribution >= 0.6 is 0 Å². The SMILES string of the molecule is CC(CCc1ccco1)NC(=O)CNCC(F)(F)F. The summed E-state index contributed by atoms with van der Waals surface area (Å²) in [5.41, 5.74) is 0. The molecule has 0 bridgehead atoms. The van der Waals surface area contributed by atoms with E-state index in [4.69, 9.17) is 4.42 Å². The number of nitrogens with one attached hydrogen (secondary N) is 2. The largest absolute Gasteiger partial charge is 0.469 e. The molecule has 0 aliphatic rings. The van der Waals surface area contributed by atoms with E-state index in [-0.39, 0.29) is 12.6 Å². The highest BCUT2D eigenvalue weighted by molar-refractivity contribution is 5.78. The third kappa shape index (κ3) is 7.50. The molecule has 0 fully saturated rings. The van der Waals surface area contributed by atoms with Crippen LogP contribution in [0.3, 0.4) is 0 Å². The van der Waals surface area contributed by atoms with Gasteiger partial charge in [0, 0.05) is 12.5 Å². The Morgan fingerprint density at radius 2 is 2.21 bits per heavy atom. The Kier molecular flexibility index (Phi) is 5.88. The summed E-state index contributed by atoms with van der Waals surface area (Å²) in [4.78, 5) is 11.3. The highest BCUT2D eigenvalue weighted by Gasteiger charge is 2.26. The molecule has 108 valence electrons. The molecule has 1 rings (SSSR count). The van der Waals surface area contributed by atoms with Crippen molar-refractivity contribution in [2.45, 2.75) is 32.0 Å². The Balaban J connectivity index is 2.13. The Morgan fingerprint density at radius 3 is 2.79 bits per heavy atom. The zero-order chi connectivity index (χ0) is 14.3. The molecule has 19 heavy (non-hydrogen) atoms. The lowest BCUT2D eigenvalue weighted by Gasteiger charge is -2.14. The fourth-order valence-corrected chi connectivity index (χ4v) is 1.53. The molecule has 7 heteroatoms. The van der Waals surface area contributed by atoms with Crippen molar-refractivity contribution in [3.05, 3.63) is 24.2 Å². The van der Waals surface area contributed by atoms with Crippen LogP contribution in [-0.2, 0) is 11.2 Å². The maximum atomic E-state index is 11.8. The van der Waals surface area contributed by atoms with Gasteiger partial charge in [0.2, 0.25) is 5.91 Å². The van der Waals surface area contributed by atoms with Gasteiger partial charge in [-0.25, -0.2) is 0 Å². The van der Waals surface area contributed by atoms with E-state index in [1.807, 2.05) is 11.4 Å². The highest BCUT2D eigenvalue weighted by atomic mass is 19.4. The third-order valence-corrected chi connectivity index (χ3v) is 2.42. The van der Waals surface area contributed by atoms with Crippen molar-refractivity contribution >= 4 is 5.91 Å². The number of rotatable bonds is 7. The van der Waals surface area contributed by atoms with Crippen LogP contribution < -0.4 is 10.6 Å². The lowest BCUT2D eigenvalue weighted by Crippen LogP contribution is -2.41. The molecule has 0 spiro atoms. The van der Waals surface area contributed by atoms with E-state index in [0.29, 0.717) is 12.8 Å². The van der Waals surface area contributed by atoms with Crippen molar-refractivity contribution in [1.29, 1.82) is 0 Å². The quantitative estimate of drug-likeness (QED) is 0.800. The van der Waals surface area contributed by atoms with E-state index in [0.717, 1.165) is 5.76 Å². The standard InChI is InChI=1S/C12H17F3N2O2/c1-9(4-5-10-3-2-6-19-10)17-11(18)7-16-8-12(13,14)15/h2-3,6,9,16H,4-5,7-8H2,1H3,(H,17,18). The van der Waals surface area contributed by atoms with Gasteiger partial charge in [0.15, 0.2) is 0 Å². The van der Waals surface area contributed by atoms with Crippen LogP contribution in [0, 0.1) is 0 Å². The lowest BCUT2D eigenvalue weighted by molar-refractivity contribution is -0.128. The zero-order valence-electron chi connectivity index (χ0n) is 10.6. The van der Waals surface area contributed by atoms with Gasteiger partial charge in [-0.3, -0.25) is 4.79 Å². The Morgan fingerprint density at radius 1 is 1.47 bits per heavy atom. The van der Waals surface area contributed by atoms with Crippen LogP contribution in [0.4, 0.5) is 13.2 Å². The molecule has 1 heterocycles. The number of hydrogen-bond donors (Lipinski definition) is 2. The first-order valence-corrected chi connectivity index (χ1v) is 5.96. The molecule has 1 unspecified atom stereocenters. The molecular weight excluding hydrogens is 261 g/mol. The van der Waals surface area contributed by atoms with Gasteiger partial charge < -0.3 is 15.1 Å². The van der Waals surface area contributed by atoms with Crippen LogP contribution in [0.15, 0.2) is 22.8 Å². The molecule has 0 aliphatic carbocycles. The molecule has 0 aromatic carbocycles. The van der Waals surface area contributed by atoms with Gasteiger partial charge in [-0.2, -0.15) is 13.2 Å². The van der Waals surface area contributed by atoms with E-state index < -0.39 is 18.6 Å². The summed E-state index contributed by atoms with van der Waals surface area (Å²) in [6, 6.07) is 3.49. The minimum atomic E-state index is -4.30. The molecular formula is C12H17F3N2O2. The summed E-state index contributed by atoms with van der Waals surface area (Å²) >= 11 is 0. The lowest BCUT2D eigenvalue weighted by atomic mass is 10.1. The fourth-order valence-electron chi connectivity index (χ4n) is 1.53. The smallest absolute Gasteiger partial charge is 0.401 e. The maximum Gasteiger partial charge on any atom is 0.401 e. The highest BCUT2D eigenvalue weighted by Crippen LogP contribution is 2.11. The van der Waals surface area contributed by atoms with Gasteiger partial charge in [-0.05, 0) is 25.5 Å². The van der Waals surface area contributed by atoms with Crippen LogP contribution in [0.1, 0.15) is 19.1 Å². The van der Waals surface area contributed by atoms with E-state index >= 15 is 0 Å². The molecule has 0 aliphatic heterocycles.